The summed E-state index contributed by atoms with van der Waals surface area (Å²) in [5.74, 6) is 0.172. The van der Waals surface area contributed by atoms with Gasteiger partial charge in [-0.25, -0.2) is 0 Å². The monoisotopic (exact) mass is 344 g/mol. The molecule has 5 nitrogen and oxygen atoms in total. The van der Waals surface area contributed by atoms with E-state index in [0.29, 0.717) is 5.56 Å². The van der Waals surface area contributed by atoms with Gasteiger partial charge in [-0.1, -0.05) is 12.1 Å². The second-order valence-corrected chi connectivity index (χ2v) is 7.71. The molecule has 1 amide bonds. The highest BCUT2D eigenvalue weighted by molar-refractivity contribution is 7.16. The molecule has 2 aliphatic rings. The van der Waals surface area contributed by atoms with Gasteiger partial charge in [-0.05, 0) is 31.0 Å². The van der Waals surface area contributed by atoms with Gasteiger partial charge in [0.25, 0.3) is 5.91 Å². The number of carbonyl (C=O) groups is 1. The first-order chi connectivity index (χ1) is 11.6. The number of aryl methyl sites for hydroxylation is 1. The zero-order valence-electron chi connectivity index (χ0n) is 13.9. The zero-order chi connectivity index (χ0) is 16.8. The number of phenols is 1. The molecule has 0 fully saturated rings. The van der Waals surface area contributed by atoms with Gasteiger partial charge in [0, 0.05) is 12.0 Å². The maximum absolute atomic E-state index is 12.7. The molecule has 4 rings (SSSR count). The highest BCUT2D eigenvalue weighted by Gasteiger charge is 2.34. The van der Waals surface area contributed by atoms with Crippen LogP contribution in [0.2, 0.25) is 0 Å². The van der Waals surface area contributed by atoms with Crippen LogP contribution in [0.5, 0.6) is 5.75 Å². The molecule has 2 aromatic rings. The summed E-state index contributed by atoms with van der Waals surface area (Å²) in [6.45, 7) is 7.33. The van der Waals surface area contributed by atoms with Crippen molar-refractivity contribution < 1.29 is 14.8 Å². The number of hydrogen-bond donors (Lipinski definition) is 4. The average molecular weight is 344 g/mol. The number of aromatic hydroxyl groups is 1. The summed E-state index contributed by atoms with van der Waals surface area (Å²) in [5, 5.41) is 17.6. The fourth-order valence-electron chi connectivity index (χ4n) is 3.60. The number of anilines is 1. The lowest BCUT2D eigenvalue weighted by Crippen LogP contribution is -3.11. The number of rotatable bonds is 2. The number of hydrogen-bond acceptors (Lipinski definition) is 4. The third-order valence-electron chi connectivity index (χ3n) is 5.00. The van der Waals surface area contributed by atoms with Crippen molar-refractivity contribution in [2.75, 3.05) is 18.4 Å². The van der Waals surface area contributed by atoms with Gasteiger partial charge in [-0.2, -0.15) is 0 Å². The number of benzene rings is 1. The van der Waals surface area contributed by atoms with Crippen molar-refractivity contribution in [1.29, 1.82) is 0 Å². The van der Waals surface area contributed by atoms with Crippen LogP contribution < -0.4 is 15.5 Å². The van der Waals surface area contributed by atoms with Crippen LogP contribution in [0.15, 0.2) is 18.2 Å². The number of phenolic OH excluding ortho intramolecular Hbond substituents is 1. The fourth-order valence-corrected chi connectivity index (χ4v) is 4.95. The molecule has 0 spiro atoms. The summed E-state index contributed by atoms with van der Waals surface area (Å²) in [5.41, 5.74) is 3.72. The van der Waals surface area contributed by atoms with Crippen LogP contribution in [0.1, 0.15) is 45.0 Å². The predicted octanol–water partition coefficient (Wildman–Crippen LogP) is 1.58. The summed E-state index contributed by atoms with van der Waals surface area (Å²) >= 11 is 1.69. The molecule has 126 valence electrons. The van der Waals surface area contributed by atoms with Crippen LogP contribution >= 0.6 is 11.3 Å². The molecule has 4 N–H and O–H groups in total. The molecule has 1 unspecified atom stereocenters. The van der Waals surface area contributed by atoms with Gasteiger partial charge in [0.2, 0.25) is 0 Å². The van der Waals surface area contributed by atoms with Crippen LogP contribution in [0, 0.1) is 6.92 Å². The van der Waals surface area contributed by atoms with Crippen molar-refractivity contribution in [3.8, 4) is 5.75 Å². The lowest BCUT2D eigenvalue weighted by molar-refractivity contribution is -0.913. The van der Waals surface area contributed by atoms with Gasteiger partial charge in [0.15, 0.2) is 0 Å². The Bertz CT molecular complexity index is 815. The highest BCUT2D eigenvalue weighted by atomic mass is 32.1. The standard InChI is InChI=1S/C18H21N3O2S/c1-3-21-7-6-12-14(9-21)24-18-15(12)17(23)19-16(20-18)11-5-4-10(2)8-13(11)22/h4-5,8,16,20,22H,3,6-7,9H2,1-2H3,(H,19,23)/p+1/t16-/m1/s1. The third kappa shape index (κ3) is 2.46. The van der Waals surface area contributed by atoms with Crippen LogP contribution in [0.3, 0.4) is 0 Å². The first-order valence-electron chi connectivity index (χ1n) is 8.41. The molecule has 0 aliphatic carbocycles. The minimum atomic E-state index is -0.389. The number of thiophene rings is 1. The zero-order valence-corrected chi connectivity index (χ0v) is 14.7. The van der Waals surface area contributed by atoms with E-state index in [0.717, 1.165) is 42.2 Å². The number of amides is 1. The van der Waals surface area contributed by atoms with Crippen LogP contribution in [-0.4, -0.2) is 24.1 Å². The molecule has 1 aromatic carbocycles. The lowest BCUT2D eigenvalue weighted by atomic mass is 10.00. The lowest BCUT2D eigenvalue weighted by Gasteiger charge is -2.27. The van der Waals surface area contributed by atoms with E-state index in [1.165, 1.54) is 10.4 Å². The summed E-state index contributed by atoms with van der Waals surface area (Å²) in [6.07, 6.45) is 0.570. The molecule has 2 atom stereocenters. The van der Waals surface area contributed by atoms with Gasteiger partial charge in [-0.15, -0.1) is 11.3 Å². The molecule has 24 heavy (non-hydrogen) atoms. The van der Waals surface area contributed by atoms with Crippen molar-refractivity contribution in [1.82, 2.24) is 5.32 Å². The van der Waals surface area contributed by atoms with Crippen molar-refractivity contribution >= 4 is 22.2 Å². The van der Waals surface area contributed by atoms with Crippen LogP contribution in [0.25, 0.3) is 0 Å². The maximum atomic E-state index is 12.7. The number of nitrogens with one attached hydrogen (secondary N) is 3. The number of likely N-dealkylation sites (N-methyl/N-ethyl adjacent to an activating group) is 1. The summed E-state index contributed by atoms with van der Waals surface area (Å²) in [6, 6.07) is 5.53. The second-order valence-electron chi connectivity index (χ2n) is 6.60. The molecule has 3 heterocycles. The number of quaternary nitrogens is 1. The van der Waals surface area contributed by atoms with E-state index >= 15 is 0 Å². The van der Waals surface area contributed by atoms with E-state index in [1.807, 2.05) is 19.1 Å². The predicted molar refractivity (Wildman–Crippen MR) is 94.8 cm³/mol. The first kappa shape index (κ1) is 15.5. The van der Waals surface area contributed by atoms with E-state index in [2.05, 4.69) is 17.6 Å². The first-order valence-corrected chi connectivity index (χ1v) is 9.23. The topological polar surface area (TPSA) is 65.8 Å². The number of carbonyl (C=O) groups excluding carboxylic acids is 1. The molecular formula is C18H22N3O2S+. The Labute approximate surface area is 145 Å². The molecule has 6 heteroatoms. The Hall–Kier alpha value is -2.05. The summed E-state index contributed by atoms with van der Waals surface area (Å²) in [4.78, 5) is 15.6. The van der Waals surface area contributed by atoms with Gasteiger partial charge in [-0.3, -0.25) is 4.79 Å². The van der Waals surface area contributed by atoms with Gasteiger partial charge < -0.3 is 20.6 Å². The second kappa shape index (κ2) is 5.79. The molecule has 0 bridgehead atoms. The SMILES string of the molecule is CC[NH+]1CCc2c(sc3c2C(=O)N[C@@H](c2ccc(C)cc2O)N3)C1. The van der Waals surface area contributed by atoms with Gasteiger partial charge in [0.05, 0.1) is 23.5 Å². The van der Waals surface area contributed by atoms with Crippen molar-refractivity contribution in [2.24, 2.45) is 0 Å². The van der Waals surface area contributed by atoms with Crippen molar-refractivity contribution in [3.05, 3.63) is 45.3 Å². The minimum absolute atomic E-state index is 0.0360. The van der Waals surface area contributed by atoms with E-state index in [4.69, 9.17) is 0 Å². The molecule has 0 radical (unpaired) electrons. The summed E-state index contributed by atoms with van der Waals surface area (Å²) < 4.78 is 0. The van der Waals surface area contributed by atoms with Crippen LogP contribution in [0.4, 0.5) is 5.00 Å². The van der Waals surface area contributed by atoms with Gasteiger partial charge in [0.1, 0.15) is 23.5 Å². The molecule has 2 aliphatic heterocycles. The smallest absolute Gasteiger partial charge is 0.256 e. The Balaban J connectivity index is 1.68. The average Bonchev–Trinajstić information content (AvgIpc) is 2.92. The largest absolute Gasteiger partial charge is 0.508 e. The molecule has 0 saturated carbocycles. The quantitative estimate of drug-likeness (QED) is 0.669. The fraction of sp³-hybridized carbons (Fsp3) is 0.389. The summed E-state index contributed by atoms with van der Waals surface area (Å²) in [7, 11) is 0. The highest BCUT2D eigenvalue weighted by Crippen LogP contribution is 2.40. The Morgan fingerprint density at radius 1 is 1.38 bits per heavy atom. The number of fused-ring (bicyclic) bond motifs is 3. The van der Waals surface area contributed by atoms with E-state index in [9.17, 15) is 9.90 Å². The Kier molecular flexibility index (Phi) is 3.73. The van der Waals surface area contributed by atoms with E-state index in [1.54, 1.807) is 22.3 Å². The van der Waals surface area contributed by atoms with Crippen molar-refractivity contribution in [2.45, 2.75) is 33.0 Å². The third-order valence-corrected chi connectivity index (χ3v) is 6.17. The Morgan fingerprint density at radius 2 is 2.21 bits per heavy atom. The maximum Gasteiger partial charge on any atom is 0.256 e. The van der Waals surface area contributed by atoms with Crippen LogP contribution in [-0.2, 0) is 13.0 Å². The van der Waals surface area contributed by atoms with Crippen molar-refractivity contribution in [3.63, 3.8) is 0 Å². The normalized spacial score (nSPS) is 22.3. The Morgan fingerprint density at radius 3 is 2.96 bits per heavy atom. The van der Waals surface area contributed by atoms with Gasteiger partial charge >= 0.3 is 0 Å². The van der Waals surface area contributed by atoms with E-state index in [-0.39, 0.29) is 17.8 Å². The molecule has 1 aromatic heterocycles. The molecule has 0 saturated heterocycles. The minimum Gasteiger partial charge on any atom is -0.508 e. The molecular weight excluding hydrogens is 322 g/mol. The van der Waals surface area contributed by atoms with E-state index < -0.39 is 0 Å².